The Kier molecular flexibility index (Phi) is 3.49. The molecule has 1 fully saturated rings. The van der Waals surface area contributed by atoms with Crippen LogP contribution in [-0.4, -0.2) is 11.0 Å². The van der Waals surface area contributed by atoms with Crippen molar-refractivity contribution in [3.63, 3.8) is 0 Å². The number of anilines is 1. The van der Waals surface area contributed by atoms with Crippen LogP contribution in [0.4, 0.5) is 5.69 Å². The summed E-state index contributed by atoms with van der Waals surface area (Å²) in [7, 11) is 0. The Morgan fingerprint density at radius 2 is 2.20 bits per heavy atom. The van der Waals surface area contributed by atoms with Crippen molar-refractivity contribution in [3.05, 3.63) is 53.5 Å². The Labute approximate surface area is 124 Å². The predicted molar refractivity (Wildman–Crippen MR) is 85.0 cm³/mol. The van der Waals surface area contributed by atoms with E-state index in [1.807, 2.05) is 18.2 Å². The lowest BCUT2D eigenvalue weighted by molar-refractivity contribution is 0.501. The Morgan fingerprint density at radius 1 is 1.40 bits per heavy atom. The molecule has 1 aromatic carbocycles. The highest BCUT2D eigenvalue weighted by Gasteiger charge is 2.30. The topological polar surface area (TPSA) is 42.4 Å². The first kappa shape index (κ1) is 13.2. The Balaban J connectivity index is 1.88. The van der Waals surface area contributed by atoms with Crippen LogP contribution in [-0.2, 0) is 6.54 Å². The number of nitrogens with zero attached hydrogens (tertiary/aromatic N) is 1. The standard InChI is InChI=1S/C16H18N2OS/c1-11-9-13(6-7-15(11)16(17)20)18(12-4-5-12)10-14-3-2-8-19-14/h2-3,6-9,12H,4-5,10H2,1H3,(H2,17,20). The number of nitrogens with two attached hydrogens (primary N) is 1. The number of hydrogen-bond donors (Lipinski definition) is 1. The molecule has 2 N–H and O–H groups in total. The van der Waals surface area contributed by atoms with Crippen LogP contribution in [0, 0.1) is 6.92 Å². The Morgan fingerprint density at radius 3 is 2.75 bits per heavy atom. The zero-order chi connectivity index (χ0) is 14.1. The van der Waals surface area contributed by atoms with E-state index in [0.29, 0.717) is 11.0 Å². The van der Waals surface area contributed by atoms with Crippen molar-refractivity contribution < 1.29 is 4.42 Å². The summed E-state index contributed by atoms with van der Waals surface area (Å²) in [5, 5.41) is 0. The predicted octanol–water partition coefficient (Wildman–Crippen LogP) is 3.39. The SMILES string of the molecule is Cc1cc(N(Cc2ccco2)C2CC2)ccc1C(N)=S. The quantitative estimate of drug-likeness (QED) is 0.856. The van der Waals surface area contributed by atoms with Crippen molar-refractivity contribution in [1.82, 2.24) is 0 Å². The van der Waals surface area contributed by atoms with E-state index in [1.165, 1.54) is 18.5 Å². The lowest BCUT2D eigenvalue weighted by Gasteiger charge is -2.24. The van der Waals surface area contributed by atoms with Gasteiger partial charge in [0.15, 0.2) is 0 Å². The first-order valence-electron chi connectivity index (χ1n) is 6.84. The number of benzene rings is 1. The van der Waals surface area contributed by atoms with Gasteiger partial charge in [0.2, 0.25) is 0 Å². The van der Waals surface area contributed by atoms with Crippen LogP contribution >= 0.6 is 12.2 Å². The van der Waals surface area contributed by atoms with Crippen LogP contribution in [0.3, 0.4) is 0 Å². The van der Waals surface area contributed by atoms with Crippen molar-refractivity contribution in [3.8, 4) is 0 Å². The second-order valence-corrected chi connectivity index (χ2v) is 5.74. The molecule has 3 rings (SSSR count). The maximum atomic E-state index is 5.73. The lowest BCUT2D eigenvalue weighted by Crippen LogP contribution is -2.25. The van der Waals surface area contributed by atoms with Gasteiger partial charge in [-0.1, -0.05) is 12.2 Å². The fourth-order valence-corrected chi connectivity index (χ4v) is 2.72. The zero-order valence-electron chi connectivity index (χ0n) is 11.5. The molecule has 1 aliphatic carbocycles. The molecule has 1 aliphatic rings. The van der Waals surface area contributed by atoms with Gasteiger partial charge in [-0.3, -0.25) is 0 Å². The lowest BCUT2D eigenvalue weighted by atomic mass is 10.1. The largest absolute Gasteiger partial charge is 0.467 e. The van der Waals surface area contributed by atoms with Gasteiger partial charge in [-0.2, -0.15) is 0 Å². The van der Waals surface area contributed by atoms with Gasteiger partial charge in [0.1, 0.15) is 10.7 Å². The van der Waals surface area contributed by atoms with Gasteiger partial charge < -0.3 is 15.1 Å². The summed E-state index contributed by atoms with van der Waals surface area (Å²) in [6.45, 7) is 2.86. The average molecular weight is 286 g/mol. The van der Waals surface area contributed by atoms with E-state index in [4.69, 9.17) is 22.4 Å². The minimum Gasteiger partial charge on any atom is -0.467 e. The number of hydrogen-bond acceptors (Lipinski definition) is 3. The van der Waals surface area contributed by atoms with Gasteiger partial charge in [0.05, 0.1) is 12.8 Å². The molecule has 1 aromatic heterocycles. The molecule has 1 saturated carbocycles. The molecule has 1 heterocycles. The molecule has 0 saturated heterocycles. The van der Waals surface area contributed by atoms with Gasteiger partial charge in [-0.15, -0.1) is 0 Å². The maximum absolute atomic E-state index is 5.73. The Hall–Kier alpha value is -1.81. The van der Waals surface area contributed by atoms with Crippen LogP contribution in [0.15, 0.2) is 41.0 Å². The summed E-state index contributed by atoms with van der Waals surface area (Å²) in [5.74, 6) is 0.993. The molecule has 0 aliphatic heterocycles. The van der Waals surface area contributed by atoms with Crippen molar-refractivity contribution in [2.45, 2.75) is 32.4 Å². The van der Waals surface area contributed by atoms with Crippen LogP contribution < -0.4 is 10.6 Å². The fraction of sp³-hybridized carbons (Fsp3) is 0.312. The van der Waals surface area contributed by atoms with Crippen molar-refractivity contribution in [2.24, 2.45) is 5.73 Å². The third kappa shape index (κ3) is 2.70. The van der Waals surface area contributed by atoms with Crippen LogP contribution in [0.25, 0.3) is 0 Å². The van der Waals surface area contributed by atoms with Crippen molar-refractivity contribution >= 4 is 22.9 Å². The highest BCUT2D eigenvalue weighted by molar-refractivity contribution is 7.80. The highest BCUT2D eigenvalue weighted by atomic mass is 32.1. The van der Waals surface area contributed by atoms with Crippen LogP contribution in [0.2, 0.25) is 0 Å². The second-order valence-electron chi connectivity index (χ2n) is 5.30. The molecule has 0 bridgehead atoms. The Bertz CT molecular complexity index is 617. The van der Waals surface area contributed by atoms with Gasteiger partial charge in [-0.05, 0) is 55.7 Å². The minimum absolute atomic E-state index is 0.457. The monoisotopic (exact) mass is 286 g/mol. The minimum atomic E-state index is 0.457. The van der Waals surface area contributed by atoms with Gasteiger partial charge >= 0.3 is 0 Å². The zero-order valence-corrected chi connectivity index (χ0v) is 12.3. The molecule has 0 unspecified atom stereocenters. The van der Waals surface area contributed by atoms with Crippen molar-refractivity contribution in [2.75, 3.05) is 4.90 Å². The number of thiocarbonyl (C=S) groups is 1. The fourth-order valence-electron chi connectivity index (χ4n) is 2.49. The first-order valence-corrected chi connectivity index (χ1v) is 7.25. The molecule has 0 atom stereocenters. The second kappa shape index (κ2) is 5.29. The van der Waals surface area contributed by atoms with Gasteiger partial charge in [0, 0.05) is 17.3 Å². The molecule has 0 amide bonds. The van der Waals surface area contributed by atoms with E-state index in [9.17, 15) is 0 Å². The normalized spacial score (nSPS) is 14.2. The molecule has 104 valence electrons. The van der Waals surface area contributed by atoms with E-state index in [2.05, 4.69) is 24.0 Å². The molecular formula is C16H18N2OS. The third-order valence-electron chi connectivity index (χ3n) is 3.70. The molecule has 0 radical (unpaired) electrons. The molecular weight excluding hydrogens is 268 g/mol. The van der Waals surface area contributed by atoms with Gasteiger partial charge in [-0.25, -0.2) is 0 Å². The summed E-state index contributed by atoms with van der Waals surface area (Å²) >= 11 is 5.06. The molecule has 0 spiro atoms. The number of rotatable bonds is 5. The highest BCUT2D eigenvalue weighted by Crippen LogP contribution is 2.34. The van der Waals surface area contributed by atoms with E-state index in [1.54, 1.807) is 6.26 Å². The number of furan rings is 1. The van der Waals surface area contributed by atoms with E-state index in [-0.39, 0.29) is 0 Å². The van der Waals surface area contributed by atoms with Gasteiger partial charge in [0.25, 0.3) is 0 Å². The smallest absolute Gasteiger partial charge is 0.123 e. The summed E-state index contributed by atoms with van der Waals surface area (Å²) < 4.78 is 5.47. The maximum Gasteiger partial charge on any atom is 0.123 e. The van der Waals surface area contributed by atoms with E-state index < -0.39 is 0 Å². The van der Waals surface area contributed by atoms with E-state index >= 15 is 0 Å². The molecule has 2 aromatic rings. The summed E-state index contributed by atoms with van der Waals surface area (Å²) in [4.78, 5) is 2.85. The average Bonchev–Trinajstić information content (AvgIpc) is 3.12. The summed E-state index contributed by atoms with van der Waals surface area (Å²) in [6, 6.07) is 10.9. The van der Waals surface area contributed by atoms with Crippen LogP contribution in [0.1, 0.15) is 29.7 Å². The van der Waals surface area contributed by atoms with E-state index in [0.717, 1.165) is 23.4 Å². The third-order valence-corrected chi connectivity index (χ3v) is 3.92. The van der Waals surface area contributed by atoms with Crippen LogP contribution in [0.5, 0.6) is 0 Å². The summed E-state index contributed by atoms with van der Waals surface area (Å²) in [5.41, 5.74) is 9.02. The molecule has 3 nitrogen and oxygen atoms in total. The molecule has 4 heteroatoms. The van der Waals surface area contributed by atoms with Crippen molar-refractivity contribution in [1.29, 1.82) is 0 Å². The summed E-state index contributed by atoms with van der Waals surface area (Å²) in [6.07, 6.45) is 4.22. The first-order chi connectivity index (χ1) is 9.65. The number of aryl methyl sites for hydroxylation is 1. The molecule has 20 heavy (non-hydrogen) atoms.